The summed E-state index contributed by atoms with van der Waals surface area (Å²) in [5.41, 5.74) is 12.7. The van der Waals surface area contributed by atoms with E-state index in [1.807, 2.05) is 12.1 Å². The molecule has 0 heterocycles. The van der Waals surface area contributed by atoms with Gasteiger partial charge in [-0.25, -0.2) is 0 Å². The molecule has 0 unspecified atom stereocenters. The van der Waals surface area contributed by atoms with Crippen LogP contribution in [0.5, 0.6) is 5.75 Å². The smallest absolute Gasteiger partial charge is 0.248 e. The van der Waals surface area contributed by atoms with E-state index in [0.717, 1.165) is 5.56 Å². The number of hydrogen-bond donors (Lipinski definition) is 2. The molecule has 0 saturated heterocycles. The Hall–Kier alpha value is -2.20. The summed E-state index contributed by atoms with van der Waals surface area (Å²) in [7, 11) is 0. The Morgan fingerprint density at radius 3 is 2.68 bits per heavy atom. The molecule has 4 nitrogen and oxygen atoms in total. The number of nitrogen functional groups attached to an aromatic ring is 1. The van der Waals surface area contributed by atoms with Crippen molar-refractivity contribution in [2.75, 3.05) is 5.73 Å². The zero-order chi connectivity index (χ0) is 13.8. The van der Waals surface area contributed by atoms with E-state index >= 15 is 0 Å². The van der Waals surface area contributed by atoms with Crippen molar-refractivity contribution in [3.8, 4) is 5.75 Å². The van der Waals surface area contributed by atoms with Crippen LogP contribution in [0.2, 0.25) is 5.02 Å². The summed E-state index contributed by atoms with van der Waals surface area (Å²) in [4.78, 5) is 11.1. The summed E-state index contributed by atoms with van der Waals surface area (Å²) in [6.07, 6.45) is 0. The van der Waals surface area contributed by atoms with Crippen LogP contribution in [0, 0.1) is 0 Å². The summed E-state index contributed by atoms with van der Waals surface area (Å²) in [5.74, 6) is -0.0936. The van der Waals surface area contributed by atoms with Crippen molar-refractivity contribution < 1.29 is 9.53 Å². The van der Waals surface area contributed by atoms with Gasteiger partial charge >= 0.3 is 0 Å². The van der Waals surface area contributed by atoms with Crippen LogP contribution in [0.4, 0.5) is 5.69 Å². The fraction of sp³-hybridized carbons (Fsp3) is 0.0714. The van der Waals surface area contributed by atoms with Crippen LogP contribution >= 0.6 is 11.6 Å². The molecule has 5 heteroatoms. The van der Waals surface area contributed by atoms with E-state index in [2.05, 4.69) is 0 Å². The number of rotatable bonds is 4. The van der Waals surface area contributed by atoms with Crippen LogP contribution in [-0.4, -0.2) is 5.91 Å². The summed E-state index contributed by atoms with van der Waals surface area (Å²) in [5, 5.41) is 0.639. The Morgan fingerprint density at radius 2 is 2.00 bits per heavy atom. The lowest BCUT2D eigenvalue weighted by molar-refractivity contribution is 0.1000. The molecule has 0 radical (unpaired) electrons. The summed E-state index contributed by atoms with van der Waals surface area (Å²) >= 11 is 5.88. The Bertz CT molecular complexity index is 614. The lowest BCUT2D eigenvalue weighted by Gasteiger charge is -2.10. The molecule has 2 aromatic carbocycles. The van der Waals surface area contributed by atoms with Gasteiger partial charge in [-0.05, 0) is 35.9 Å². The first-order chi connectivity index (χ1) is 9.06. The lowest BCUT2D eigenvalue weighted by atomic mass is 10.2. The highest BCUT2D eigenvalue weighted by Crippen LogP contribution is 2.24. The number of carbonyl (C=O) groups excluding carboxylic acids is 1. The van der Waals surface area contributed by atoms with Crippen LogP contribution in [0.25, 0.3) is 0 Å². The van der Waals surface area contributed by atoms with Crippen LogP contribution in [-0.2, 0) is 6.61 Å². The predicted octanol–water partition coefficient (Wildman–Crippen LogP) is 2.60. The van der Waals surface area contributed by atoms with E-state index in [4.69, 9.17) is 27.8 Å². The van der Waals surface area contributed by atoms with Crippen LogP contribution in [0.15, 0.2) is 42.5 Å². The number of hydrogen-bond acceptors (Lipinski definition) is 3. The highest BCUT2D eigenvalue weighted by atomic mass is 35.5. The first-order valence-electron chi connectivity index (χ1n) is 5.63. The fourth-order valence-electron chi connectivity index (χ4n) is 1.60. The monoisotopic (exact) mass is 276 g/mol. The molecule has 0 aliphatic carbocycles. The van der Waals surface area contributed by atoms with Crippen molar-refractivity contribution in [2.24, 2.45) is 5.73 Å². The Kier molecular flexibility index (Phi) is 3.92. The largest absolute Gasteiger partial charge is 0.487 e. The van der Waals surface area contributed by atoms with Crippen molar-refractivity contribution in [2.45, 2.75) is 6.61 Å². The minimum atomic E-state index is -0.521. The second-order valence-electron chi connectivity index (χ2n) is 4.04. The molecule has 19 heavy (non-hydrogen) atoms. The molecule has 2 aromatic rings. The third-order valence-electron chi connectivity index (χ3n) is 2.58. The van der Waals surface area contributed by atoms with Gasteiger partial charge in [-0.1, -0.05) is 23.7 Å². The highest BCUT2D eigenvalue weighted by Gasteiger charge is 2.06. The van der Waals surface area contributed by atoms with Crippen LogP contribution in [0.3, 0.4) is 0 Å². The predicted molar refractivity (Wildman–Crippen MR) is 75.2 cm³/mol. The van der Waals surface area contributed by atoms with E-state index < -0.39 is 5.91 Å². The molecule has 2 rings (SSSR count). The van der Waals surface area contributed by atoms with Gasteiger partial charge in [-0.2, -0.15) is 0 Å². The third-order valence-corrected chi connectivity index (χ3v) is 2.82. The molecule has 0 aromatic heterocycles. The zero-order valence-corrected chi connectivity index (χ0v) is 10.9. The van der Waals surface area contributed by atoms with Crippen molar-refractivity contribution in [1.82, 2.24) is 0 Å². The fourth-order valence-corrected chi connectivity index (χ4v) is 1.81. The number of nitrogens with two attached hydrogens (primary N) is 2. The van der Waals surface area contributed by atoms with Gasteiger partial charge < -0.3 is 16.2 Å². The van der Waals surface area contributed by atoms with E-state index in [-0.39, 0.29) is 0 Å². The SMILES string of the molecule is NC(=O)c1ccc(N)c(OCc2cccc(Cl)c2)c1. The van der Waals surface area contributed by atoms with Crippen LogP contribution < -0.4 is 16.2 Å². The topological polar surface area (TPSA) is 78.3 Å². The number of anilines is 1. The molecular weight excluding hydrogens is 264 g/mol. The Morgan fingerprint density at radius 1 is 1.21 bits per heavy atom. The van der Waals surface area contributed by atoms with Gasteiger partial charge in [0.2, 0.25) is 5.91 Å². The van der Waals surface area contributed by atoms with Gasteiger partial charge in [0.25, 0.3) is 0 Å². The number of halogens is 1. The Labute approximate surface area is 115 Å². The van der Waals surface area contributed by atoms with Crippen molar-refractivity contribution in [3.63, 3.8) is 0 Å². The quantitative estimate of drug-likeness (QED) is 0.843. The molecule has 0 saturated carbocycles. The first kappa shape index (κ1) is 13.2. The number of amides is 1. The minimum absolute atomic E-state index is 0.312. The molecule has 0 aliphatic heterocycles. The average Bonchev–Trinajstić information content (AvgIpc) is 2.37. The van der Waals surface area contributed by atoms with E-state index in [1.54, 1.807) is 24.3 Å². The number of primary amides is 1. The normalized spacial score (nSPS) is 10.2. The molecule has 98 valence electrons. The number of carbonyl (C=O) groups is 1. The average molecular weight is 277 g/mol. The molecule has 0 fully saturated rings. The Balaban J connectivity index is 2.15. The van der Waals surface area contributed by atoms with Crippen molar-refractivity contribution >= 4 is 23.2 Å². The summed E-state index contributed by atoms with van der Waals surface area (Å²) in [6, 6.07) is 12.0. The minimum Gasteiger partial charge on any atom is -0.487 e. The van der Waals surface area contributed by atoms with Crippen molar-refractivity contribution in [1.29, 1.82) is 0 Å². The van der Waals surface area contributed by atoms with E-state index in [0.29, 0.717) is 28.6 Å². The third kappa shape index (κ3) is 3.39. The van der Waals surface area contributed by atoms with Gasteiger partial charge in [0.15, 0.2) is 0 Å². The second kappa shape index (κ2) is 5.63. The van der Waals surface area contributed by atoms with Gasteiger partial charge in [0, 0.05) is 10.6 Å². The maximum atomic E-state index is 11.1. The highest BCUT2D eigenvalue weighted by molar-refractivity contribution is 6.30. The maximum Gasteiger partial charge on any atom is 0.248 e. The zero-order valence-electron chi connectivity index (χ0n) is 10.1. The maximum absolute atomic E-state index is 11.1. The standard InChI is InChI=1S/C14H13ClN2O2/c15-11-3-1-2-9(6-11)8-19-13-7-10(14(17)18)4-5-12(13)16/h1-7H,8,16H2,(H2,17,18). The molecule has 0 atom stereocenters. The molecule has 1 amide bonds. The van der Waals surface area contributed by atoms with E-state index in [9.17, 15) is 4.79 Å². The lowest BCUT2D eigenvalue weighted by Crippen LogP contribution is -2.11. The summed E-state index contributed by atoms with van der Waals surface area (Å²) < 4.78 is 5.58. The van der Waals surface area contributed by atoms with Crippen molar-refractivity contribution in [3.05, 3.63) is 58.6 Å². The molecule has 4 N–H and O–H groups in total. The van der Waals surface area contributed by atoms with E-state index in [1.165, 1.54) is 6.07 Å². The molecule has 0 bridgehead atoms. The molecule has 0 spiro atoms. The van der Waals surface area contributed by atoms with Gasteiger partial charge in [-0.3, -0.25) is 4.79 Å². The van der Waals surface area contributed by atoms with Gasteiger partial charge in [-0.15, -0.1) is 0 Å². The second-order valence-corrected chi connectivity index (χ2v) is 4.47. The van der Waals surface area contributed by atoms with Gasteiger partial charge in [0.1, 0.15) is 12.4 Å². The molecule has 0 aliphatic rings. The van der Waals surface area contributed by atoms with Crippen LogP contribution in [0.1, 0.15) is 15.9 Å². The first-order valence-corrected chi connectivity index (χ1v) is 6.00. The molecular formula is C14H13ClN2O2. The summed E-state index contributed by atoms with van der Waals surface area (Å²) in [6.45, 7) is 0.312. The number of ether oxygens (including phenoxy) is 1. The van der Waals surface area contributed by atoms with Gasteiger partial charge in [0.05, 0.1) is 5.69 Å². The number of benzene rings is 2.